The number of rotatable bonds is 28. The van der Waals surface area contributed by atoms with Crippen LogP contribution in [0.1, 0.15) is 117 Å². The number of aromatic nitrogens is 18. The number of esters is 1. The number of thiazole rings is 3. The van der Waals surface area contributed by atoms with Gasteiger partial charge in [0, 0.05) is 87.7 Å². The fraction of sp³-hybridized carbons (Fsp3) is 0.354. The number of nitrogen functional groups attached to an aromatic ring is 2. The molecule has 1 unspecified atom stereocenters. The van der Waals surface area contributed by atoms with Crippen LogP contribution in [0, 0.1) is 27.7 Å². The largest absolute Gasteiger partial charge is 0.490 e. The Kier molecular flexibility index (Phi) is 33.2. The summed E-state index contributed by atoms with van der Waals surface area (Å²) in [4.78, 5) is 128. The number of imide groups is 1. The van der Waals surface area contributed by atoms with E-state index in [0.29, 0.717) is 27.2 Å². The minimum atomic E-state index is -2.02. The number of benzene rings is 3. The van der Waals surface area contributed by atoms with E-state index in [4.69, 9.17) is 87.3 Å². The van der Waals surface area contributed by atoms with Crippen LogP contribution in [0.15, 0.2) is 186 Å². The molecule has 3 saturated heterocycles. The molecule has 42 nitrogen and oxygen atoms in total. The van der Waals surface area contributed by atoms with E-state index < -0.39 is 159 Å². The van der Waals surface area contributed by atoms with Gasteiger partial charge >= 0.3 is 37.2 Å². The molecule has 3 aromatic carbocycles. The SMILES string of the molecule is COC(=O)C(Cc1ccc(C)cc1)(OC[C@H]1O[C@@H](n2cnc3c(N(C(=O)OC(C)(C)C)C(=O)OC(C)(C)C)ncnc32)[C@@H](F)[C@@H]1O)c1cscn1.Cc1ncccc1-c1ccc(C[C@@](OC[C@H]2O[C@@H](n3cnc4c(N)nc(Cl)nc43)[C@@H](F)[C@@H]2O)(C(=O)O)c2cscn2)cc1.Cc1ncccc1-c1ccc(C[C@](OC[C@H]2O[C@@H](n3cnc4c(N)nc(Cl)nc43)[C@@H](F)[C@@H]2O)(C(=O)O)c2cscn2)cc1.Cc1ncccc1B(O)O. The average molecular weight is 2120 g/mol. The third-order valence-electron chi connectivity index (χ3n) is 23.8. The van der Waals surface area contributed by atoms with Crippen LogP contribution in [0.5, 0.6) is 0 Å². The van der Waals surface area contributed by atoms with Crippen LogP contribution >= 0.6 is 57.2 Å². The number of carbonyl (C=O) groups excluding carboxylic acids is 3. The molecule has 11 N–H and O–H groups in total. The molecule has 2 amide bonds. The number of anilines is 3. The van der Waals surface area contributed by atoms with Gasteiger partial charge in [-0.05, 0) is 138 Å². The normalized spacial score (nSPS) is 20.4. The molecule has 18 rings (SSSR count). The van der Waals surface area contributed by atoms with Gasteiger partial charge in [-0.1, -0.05) is 96.6 Å². The summed E-state index contributed by atoms with van der Waals surface area (Å²) in [5.41, 5.74) is 19.5. The van der Waals surface area contributed by atoms with E-state index in [2.05, 4.69) is 74.8 Å². The number of aryl methyl sites for hydroxylation is 4. The number of alkyl halides is 3. The van der Waals surface area contributed by atoms with E-state index >= 15 is 13.2 Å². The van der Waals surface area contributed by atoms with Crippen LogP contribution in [0.2, 0.25) is 10.6 Å². The molecule has 0 radical (unpaired) electrons. The van der Waals surface area contributed by atoms with Crippen molar-refractivity contribution in [1.82, 2.24) is 88.5 Å². The number of methoxy groups -OCH3 is 1. The number of ether oxygens (including phenoxy) is 9. The maximum Gasteiger partial charge on any atom is 0.490 e. The Hall–Kier alpha value is -13.6. The Balaban J connectivity index is 0.000000158. The standard InChI is InChI=1S/C34H41FN6O9S.2C28H25ClFN7O5S.C6H8BNO2/c1-19-9-11-20(12-10-19)13-34(29(43)46-8,22-15-51-18-39-22)47-14-21-25(42)23(35)28(48-21)40-17-38-24-26(40)36-16-37-27(24)41(30(44)49-32(2,3)4)31(45)50-33(5,6)7;2*1-14-17(3-2-8-32-14)16-6-4-15(5-7-16)9-28(26(39)40,19-11-43-13-34-19)41-10-18-22(38)20(30)25(42-18)37-12-33-21-23(31)35-27(29)36-24(21)37;1-5-6(7(9)10)3-2-4-8-5/h9-12,15-18,21,23,25,28,42H,13-14H2,1-8H3;2*2-8,11-13,18,20,22,25,38H,9-10H2,1H3,(H,39,40)(H2,31,35,36);2-4,9-10H,1H3/t21-,23+,25-,28-,34?;18-,20+,22-,25-,28+;18-,20+,22-,25-,28-;/m111./s1. The molecular weight excluding hydrogens is 2020 g/mol. The number of halogens is 5. The number of aliphatic hydroxyl groups excluding tert-OH is 3. The fourth-order valence-corrected chi connectivity index (χ4v) is 18.6. The van der Waals surface area contributed by atoms with Crippen molar-refractivity contribution in [2.45, 2.75) is 190 Å². The number of hydrogen-bond donors (Lipinski definition) is 9. The summed E-state index contributed by atoms with van der Waals surface area (Å²) in [6.45, 7) is 15.9. The molecule has 770 valence electrons. The molecule has 0 spiro atoms. The van der Waals surface area contributed by atoms with E-state index in [9.17, 15) is 49.5 Å². The molecule has 12 aromatic heterocycles. The first kappa shape index (κ1) is 108. The molecule has 0 bridgehead atoms. The smallest absolute Gasteiger partial charge is 0.479 e. The summed E-state index contributed by atoms with van der Waals surface area (Å²) < 4.78 is 103. The van der Waals surface area contributed by atoms with Crippen LogP contribution in [0.25, 0.3) is 55.7 Å². The molecule has 0 aliphatic carbocycles. The first-order valence-electron chi connectivity index (χ1n) is 45.2. The van der Waals surface area contributed by atoms with Crippen LogP contribution in [-0.4, -0.2) is 255 Å². The highest BCUT2D eigenvalue weighted by molar-refractivity contribution is 7.08. The highest BCUT2D eigenvalue weighted by atomic mass is 35.5. The number of fused-ring (bicyclic) bond motifs is 3. The zero-order chi connectivity index (χ0) is 105. The number of nitrogens with zero attached hydrogens (tertiary/aromatic N) is 19. The minimum absolute atomic E-state index is 0.000643. The number of nitrogens with two attached hydrogens (primary N) is 2. The van der Waals surface area contributed by atoms with Gasteiger partial charge in [0.2, 0.25) is 27.4 Å². The molecule has 0 saturated carbocycles. The zero-order valence-electron chi connectivity index (χ0n) is 80.3. The van der Waals surface area contributed by atoms with E-state index in [0.717, 1.165) is 51.1 Å². The summed E-state index contributed by atoms with van der Waals surface area (Å²) in [5, 5.41) is 75.5. The molecule has 15 heterocycles. The monoisotopic (exact) mass is 2120 g/mol. The first-order chi connectivity index (χ1) is 70.0. The van der Waals surface area contributed by atoms with Crippen LogP contribution < -0.4 is 21.8 Å². The number of carbonyl (C=O) groups is 5. The number of aliphatic hydroxyl groups is 3. The van der Waals surface area contributed by atoms with Crippen LogP contribution in [0.4, 0.5) is 40.2 Å². The van der Waals surface area contributed by atoms with E-state index in [1.807, 2.05) is 118 Å². The van der Waals surface area contributed by atoms with Crippen molar-refractivity contribution >= 4 is 151 Å². The molecule has 147 heavy (non-hydrogen) atoms. The molecule has 3 aliphatic rings. The van der Waals surface area contributed by atoms with Gasteiger partial charge in [-0.25, -0.2) is 77.0 Å². The quantitative estimate of drug-likeness (QED) is 0.00951. The second-order valence-electron chi connectivity index (χ2n) is 36.1. The Bertz CT molecular complexity index is 6870. The van der Waals surface area contributed by atoms with Gasteiger partial charge < -0.3 is 89.7 Å². The van der Waals surface area contributed by atoms with Gasteiger partial charge in [-0.3, -0.25) is 28.7 Å². The number of aliphatic carboxylic acids is 2. The minimum Gasteiger partial charge on any atom is -0.479 e. The number of carboxylic acid groups (broad SMARTS) is 2. The third-order valence-corrected chi connectivity index (χ3v) is 25.9. The first-order valence-corrected chi connectivity index (χ1v) is 48.7. The van der Waals surface area contributed by atoms with Crippen molar-refractivity contribution in [3.63, 3.8) is 0 Å². The number of amides is 2. The summed E-state index contributed by atoms with van der Waals surface area (Å²) in [6, 6.07) is 33.2. The fourth-order valence-electron chi connectivity index (χ4n) is 16.4. The third kappa shape index (κ3) is 23.7. The van der Waals surface area contributed by atoms with Crippen molar-refractivity contribution in [3.8, 4) is 22.3 Å². The van der Waals surface area contributed by atoms with Gasteiger partial charge in [0.15, 0.2) is 77.1 Å². The molecule has 51 heteroatoms. The second kappa shape index (κ2) is 45.4. The topological polar surface area (TPSA) is 573 Å². The number of imidazole rings is 3. The molecule has 3 aliphatic heterocycles. The van der Waals surface area contributed by atoms with Crippen molar-refractivity contribution < 1.29 is 115 Å². The summed E-state index contributed by atoms with van der Waals surface area (Å²) in [7, 11) is -0.183. The van der Waals surface area contributed by atoms with Crippen molar-refractivity contribution in [1.29, 1.82) is 0 Å². The van der Waals surface area contributed by atoms with E-state index in [1.165, 1.54) is 84.8 Å². The van der Waals surface area contributed by atoms with Crippen LogP contribution in [-0.2, 0) is 93.1 Å². The van der Waals surface area contributed by atoms with Crippen molar-refractivity contribution in [2.24, 2.45) is 0 Å². The summed E-state index contributed by atoms with van der Waals surface area (Å²) >= 11 is 15.5. The maximum atomic E-state index is 15.9. The van der Waals surface area contributed by atoms with Crippen molar-refractivity contribution in [3.05, 3.63) is 253 Å². The lowest BCUT2D eigenvalue weighted by Gasteiger charge is -2.31. The maximum absolute atomic E-state index is 15.9. The summed E-state index contributed by atoms with van der Waals surface area (Å²) in [6.07, 6.45) is -11.4. The Morgan fingerprint density at radius 3 is 1.18 bits per heavy atom. The Labute approximate surface area is 858 Å². The number of hydrogen-bond acceptors (Lipinski definition) is 39. The van der Waals surface area contributed by atoms with Crippen LogP contribution in [0.3, 0.4) is 0 Å². The van der Waals surface area contributed by atoms with E-state index in [1.54, 1.807) is 101 Å². The van der Waals surface area contributed by atoms with Gasteiger partial charge in [-0.2, -0.15) is 24.8 Å². The van der Waals surface area contributed by atoms with E-state index in [-0.39, 0.29) is 97.9 Å². The molecular formula is C96H99BCl2F3N21O21S3. The lowest BCUT2D eigenvalue weighted by atomic mass is 9.79. The van der Waals surface area contributed by atoms with Gasteiger partial charge in [0.05, 0.1) is 79.5 Å². The summed E-state index contributed by atoms with van der Waals surface area (Å²) in [5.74, 6) is -3.61. The Morgan fingerprint density at radius 2 is 0.830 bits per heavy atom. The zero-order valence-corrected chi connectivity index (χ0v) is 84.2. The lowest BCUT2D eigenvalue weighted by molar-refractivity contribution is -0.180. The molecule has 15 atom stereocenters. The van der Waals surface area contributed by atoms with Gasteiger partial charge in [0.1, 0.15) is 65.2 Å². The molecule has 15 aromatic rings. The number of pyridine rings is 3. The Morgan fingerprint density at radius 1 is 0.469 bits per heavy atom. The van der Waals surface area contributed by atoms with Crippen molar-refractivity contribution in [2.75, 3.05) is 43.3 Å². The average Bonchev–Trinajstić information content (AvgIpc) is 1.59. The van der Waals surface area contributed by atoms with Gasteiger partial charge in [0.25, 0.3) is 0 Å². The predicted molar refractivity (Wildman–Crippen MR) is 531 cm³/mol. The van der Waals surface area contributed by atoms with Gasteiger partial charge in [-0.15, -0.1) is 34.0 Å². The highest BCUT2D eigenvalue weighted by Gasteiger charge is 2.55. The predicted octanol–water partition coefficient (Wildman–Crippen LogP) is 11.7. The highest BCUT2D eigenvalue weighted by Crippen LogP contribution is 2.44. The number of carboxylic acids is 2. The molecule has 3 fully saturated rings. The second-order valence-corrected chi connectivity index (χ2v) is 38.9. The lowest BCUT2D eigenvalue weighted by Crippen LogP contribution is -2.45.